The van der Waals surface area contributed by atoms with Gasteiger partial charge in [-0.3, -0.25) is 0 Å². The lowest BCUT2D eigenvalue weighted by Gasteiger charge is -2.17. The molecule has 1 saturated carbocycles. The van der Waals surface area contributed by atoms with Crippen LogP contribution >= 0.6 is 0 Å². The molecule has 118 valence electrons. The van der Waals surface area contributed by atoms with Crippen LogP contribution in [0.5, 0.6) is 0 Å². The number of nitrogens with one attached hydrogen (secondary N) is 1. The molecule has 21 heavy (non-hydrogen) atoms. The summed E-state index contributed by atoms with van der Waals surface area (Å²) >= 11 is 0. The van der Waals surface area contributed by atoms with Crippen molar-refractivity contribution in [2.24, 2.45) is 5.92 Å². The Morgan fingerprint density at radius 1 is 1.29 bits per heavy atom. The Morgan fingerprint density at radius 3 is 2.57 bits per heavy atom. The highest BCUT2D eigenvalue weighted by molar-refractivity contribution is 7.89. The Balaban J connectivity index is 2.07. The minimum absolute atomic E-state index is 0.165. The zero-order valence-electron chi connectivity index (χ0n) is 12.8. The minimum atomic E-state index is -3.50. The summed E-state index contributed by atoms with van der Waals surface area (Å²) in [6, 6.07) is 5.11. The van der Waals surface area contributed by atoms with E-state index in [0.717, 1.165) is 18.9 Å². The van der Waals surface area contributed by atoms with Crippen LogP contribution in [0.1, 0.15) is 32.1 Å². The molecular weight excluding hydrogens is 286 g/mol. The Morgan fingerprint density at radius 2 is 1.95 bits per heavy atom. The standard InChI is InChI=1S/C15H25N3O2S/c1-18(2)21(19,20)14-9-5-8-13(15(14)16)17-11-10-12-6-3-4-7-12/h5,8-9,12,17H,3-4,6-7,10-11,16H2,1-2H3. The summed E-state index contributed by atoms with van der Waals surface area (Å²) in [6.07, 6.45) is 6.41. The lowest BCUT2D eigenvalue weighted by molar-refractivity contribution is 0.518. The fraction of sp³-hybridized carbons (Fsp3) is 0.600. The zero-order valence-corrected chi connectivity index (χ0v) is 13.6. The molecule has 1 fully saturated rings. The smallest absolute Gasteiger partial charge is 0.244 e. The van der Waals surface area contributed by atoms with Crippen LogP contribution in [0.25, 0.3) is 0 Å². The molecule has 3 N–H and O–H groups in total. The maximum atomic E-state index is 12.2. The average molecular weight is 311 g/mol. The third kappa shape index (κ3) is 3.68. The predicted octanol–water partition coefficient (Wildman–Crippen LogP) is 2.51. The van der Waals surface area contributed by atoms with E-state index in [1.165, 1.54) is 44.1 Å². The van der Waals surface area contributed by atoms with Gasteiger partial charge in [0.15, 0.2) is 0 Å². The number of hydrogen-bond donors (Lipinski definition) is 2. The molecule has 1 aromatic rings. The molecule has 2 rings (SSSR count). The van der Waals surface area contributed by atoms with Crippen molar-refractivity contribution in [1.29, 1.82) is 0 Å². The molecule has 5 nitrogen and oxygen atoms in total. The van der Waals surface area contributed by atoms with Crippen molar-refractivity contribution in [2.75, 3.05) is 31.7 Å². The maximum Gasteiger partial charge on any atom is 0.244 e. The number of benzene rings is 1. The molecule has 0 unspecified atom stereocenters. The lowest BCUT2D eigenvalue weighted by atomic mass is 10.0. The van der Waals surface area contributed by atoms with Gasteiger partial charge in [-0.05, 0) is 24.5 Å². The van der Waals surface area contributed by atoms with Gasteiger partial charge in [0, 0.05) is 20.6 Å². The molecule has 1 aliphatic carbocycles. The first-order valence-corrected chi connectivity index (χ1v) is 8.92. The average Bonchev–Trinajstić information content (AvgIpc) is 2.93. The number of rotatable bonds is 6. The highest BCUT2D eigenvalue weighted by Gasteiger charge is 2.21. The van der Waals surface area contributed by atoms with Crippen LogP contribution in [0.2, 0.25) is 0 Å². The quantitative estimate of drug-likeness (QED) is 0.792. The summed E-state index contributed by atoms with van der Waals surface area (Å²) in [7, 11) is -0.485. The first kappa shape index (κ1) is 16.1. The second-order valence-electron chi connectivity index (χ2n) is 5.87. The molecule has 0 heterocycles. The van der Waals surface area contributed by atoms with E-state index in [1.54, 1.807) is 12.1 Å². The first-order chi connectivity index (χ1) is 9.93. The van der Waals surface area contributed by atoms with Crippen molar-refractivity contribution in [1.82, 2.24) is 4.31 Å². The Labute approximate surface area is 127 Å². The van der Waals surface area contributed by atoms with Gasteiger partial charge in [-0.2, -0.15) is 0 Å². The molecular formula is C15H25N3O2S. The van der Waals surface area contributed by atoms with Gasteiger partial charge < -0.3 is 11.1 Å². The molecule has 0 aromatic heterocycles. The van der Waals surface area contributed by atoms with Crippen LogP contribution in [0.4, 0.5) is 11.4 Å². The Bertz CT molecular complexity index is 579. The van der Waals surface area contributed by atoms with Crippen LogP contribution < -0.4 is 11.1 Å². The Kier molecular flexibility index (Phi) is 5.11. The number of nitrogens with two attached hydrogens (primary N) is 1. The van der Waals surface area contributed by atoms with Crippen LogP contribution in [0.3, 0.4) is 0 Å². The number of nitrogens with zero attached hydrogens (tertiary/aromatic N) is 1. The third-order valence-corrected chi connectivity index (χ3v) is 6.04. The molecule has 0 atom stereocenters. The van der Waals surface area contributed by atoms with Crippen LogP contribution in [-0.4, -0.2) is 33.4 Å². The summed E-state index contributed by atoms with van der Waals surface area (Å²) in [5.74, 6) is 0.799. The van der Waals surface area contributed by atoms with Gasteiger partial charge in [0.05, 0.1) is 11.4 Å². The number of sulfonamides is 1. The van der Waals surface area contributed by atoms with Crippen LogP contribution in [0, 0.1) is 5.92 Å². The first-order valence-electron chi connectivity index (χ1n) is 7.48. The van der Waals surface area contributed by atoms with Gasteiger partial charge in [-0.1, -0.05) is 31.7 Å². The SMILES string of the molecule is CN(C)S(=O)(=O)c1cccc(NCCC2CCCC2)c1N. The van der Waals surface area contributed by atoms with E-state index in [2.05, 4.69) is 5.32 Å². The van der Waals surface area contributed by atoms with Crippen LogP contribution in [0.15, 0.2) is 23.1 Å². The summed E-state index contributed by atoms with van der Waals surface area (Å²) in [5, 5.41) is 3.28. The second-order valence-corrected chi connectivity index (χ2v) is 7.99. The van der Waals surface area contributed by atoms with E-state index < -0.39 is 10.0 Å². The molecule has 0 saturated heterocycles. The van der Waals surface area contributed by atoms with E-state index in [4.69, 9.17) is 5.73 Å². The van der Waals surface area contributed by atoms with Gasteiger partial charge in [0.2, 0.25) is 10.0 Å². The van der Waals surface area contributed by atoms with E-state index >= 15 is 0 Å². The number of nitrogen functional groups attached to an aromatic ring is 1. The third-order valence-electron chi connectivity index (χ3n) is 4.17. The van der Waals surface area contributed by atoms with Gasteiger partial charge >= 0.3 is 0 Å². The topological polar surface area (TPSA) is 75.4 Å². The molecule has 0 aliphatic heterocycles. The summed E-state index contributed by atoms with van der Waals surface area (Å²) in [6.45, 7) is 0.834. The van der Waals surface area contributed by atoms with Gasteiger partial charge in [0.1, 0.15) is 4.90 Å². The molecule has 6 heteroatoms. The molecule has 0 amide bonds. The largest absolute Gasteiger partial charge is 0.396 e. The lowest BCUT2D eigenvalue weighted by Crippen LogP contribution is -2.23. The minimum Gasteiger partial charge on any atom is -0.396 e. The number of hydrogen-bond acceptors (Lipinski definition) is 4. The fourth-order valence-electron chi connectivity index (χ4n) is 2.83. The van der Waals surface area contributed by atoms with E-state index in [1.807, 2.05) is 6.07 Å². The summed E-state index contributed by atoms with van der Waals surface area (Å²) in [5.41, 5.74) is 7.04. The molecule has 0 bridgehead atoms. The number of anilines is 2. The normalized spacial score (nSPS) is 16.5. The van der Waals surface area contributed by atoms with E-state index in [-0.39, 0.29) is 4.90 Å². The highest BCUT2D eigenvalue weighted by Crippen LogP contribution is 2.30. The molecule has 1 aromatic carbocycles. The van der Waals surface area contributed by atoms with Gasteiger partial charge in [-0.15, -0.1) is 0 Å². The predicted molar refractivity (Wildman–Crippen MR) is 86.8 cm³/mol. The monoisotopic (exact) mass is 311 g/mol. The highest BCUT2D eigenvalue weighted by atomic mass is 32.2. The molecule has 0 radical (unpaired) electrons. The van der Waals surface area contributed by atoms with Crippen molar-refractivity contribution < 1.29 is 8.42 Å². The van der Waals surface area contributed by atoms with Gasteiger partial charge in [-0.25, -0.2) is 12.7 Å². The Hall–Kier alpha value is -1.27. The zero-order chi connectivity index (χ0) is 15.5. The summed E-state index contributed by atoms with van der Waals surface area (Å²) in [4.78, 5) is 0.165. The van der Waals surface area contributed by atoms with E-state index in [0.29, 0.717) is 11.4 Å². The molecule has 0 spiro atoms. The summed E-state index contributed by atoms with van der Waals surface area (Å²) < 4.78 is 25.6. The fourth-order valence-corrected chi connectivity index (χ4v) is 3.86. The number of para-hydroxylation sites is 1. The second kappa shape index (κ2) is 6.66. The van der Waals surface area contributed by atoms with E-state index in [9.17, 15) is 8.42 Å². The van der Waals surface area contributed by atoms with Crippen molar-refractivity contribution in [3.05, 3.63) is 18.2 Å². The maximum absolute atomic E-state index is 12.2. The van der Waals surface area contributed by atoms with Crippen molar-refractivity contribution in [3.63, 3.8) is 0 Å². The van der Waals surface area contributed by atoms with Gasteiger partial charge in [0.25, 0.3) is 0 Å². The van der Waals surface area contributed by atoms with Crippen molar-refractivity contribution in [3.8, 4) is 0 Å². The molecule has 1 aliphatic rings. The van der Waals surface area contributed by atoms with Crippen molar-refractivity contribution in [2.45, 2.75) is 37.0 Å². The van der Waals surface area contributed by atoms with Crippen LogP contribution in [-0.2, 0) is 10.0 Å². The van der Waals surface area contributed by atoms with Crippen molar-refractivity contribution >= 4 is 21.4 Å².